The smallest absolute Gasteiger partial charge is 0.125 e. The van der Waals surface area contributed by atoms with E-state index in [0.717, 1.165) is 5.39 Å². The molecule has 0 fully saturated rings. The van der Waals surface area contributed by atoms with Crippen LogP contribution in [0, 0.1) is 5.82 Å². The van der Waals surface area contributed by atoms with Crippen LogP contribution in [-0.2, 0) is 0 Å². The molecule has 0 bridgehead atoms. The molecule has 2 rings (SSSR count). The highest BCUT2D eigenvalue weighted by atomic mass is 19.1. The van der Waals surface area contributed by atoms with Crippen LogP contribution in [0.25, 0.3) is 10.9 Å². The molecule has 0 spiro atoms. The van der Waals surface area contributed by atoms with Crippen molar-refractivity contribution >= 4 is 10.9 Å². The fraction of sp³-hybridized carbons (Fsp3) is 0. The topological polar surface area (TPSA) is 47.9 Å². The zero-order valence-electron chi connectivity index (χ0n) is 6.50. The Morgan fingerprint density at radius 1 is 1.17 bits per heavy atom. The first-order chi connectivity index (χ1) is 5.36. The third-order valence-corrected chi connectivity index (χ3v) is 1.57. The van der Waals surface area contributed by atoms with Gasteiger partial charge in [-0.15, -0.1) is 0 Å². The maximum Gasteiger partial charge on any atom is 0.125 e. The van der Waals surface area contributed by atoms with E-state index in [1.807, 2.05) is 12.1 Å². The Labute approximate surface area is 69.6 Å². The molecule has 3 N–H and O–H groups in total. The van der Waals surface area contributed by atoms with Gasteiger partial charge < -0.3 is 6.15 Å². The summed E-state index contributed by atoms with van der Waals surface area (Å²) in [5.74, 6) is -0.240. The minimum absolute atomic E-state index is 0. The number of benzene rings is 1. The summed E-state index contributed by atoms with van der Waals surface area (Å²) < 4.78 is 12.6. The Balaban J connectivity index is 0.000000720. The van der Waals surface area contributed by atoms with Crippen molar-refractivity contribution in [2.75, 3.05) is 0 Å². The fourth-order valence-electron chi connectivity index (χ4n) is 1.04. The van der Waals surface area contributed by atoms with Crippen LogP contribution in [0.15, 0.2) is 36.5 Å². The number of nitrogens with zero attached hydrogens (tertiary/aromatic N) is 1. The molecular formula is C9H9FN2. The zero-order chi connectivity index (χ0) is 7.68. The van der Waals surface area contributed by atoms with E-state index in [1.165, 1.54) is 12.1 Å². The summed E-state index contributed by atoms with van der Waals surface area (Å²) in [5, 5.41) is 0.967. The number of fused-ring (bicyclic) bond motifs is 1. The molecule has 1 heterocycles. The minimum atomic E-state index is -0.240. The summed E-state index contributed by atoms with van der Waals surface area (Å²) in [6.07, 6.45) is 1.65. The number of halogens is 1. The first-order valence-corrected chi connectivity index (χ1v) is 3.36. The number of pyridine rings is 1. The van der Waals surface area contributed by atoms with Gasteiger partial charge in [0, 0.05) is 17.6 Å². The fourth-order valence-corrected chi connectivity index (χ4v) is 1.04. The molecule has 0 aliphatic heterocycles. The monoisotopic (exact) mass is 164 g/mol. The maximum absolute atomic E-state index is 12.6. The van der Waals surface area contributed by atoms with Gasteiger partial charge in [-0.3, -0.25) is 4.98 Å². The second-order valence-corrected chi connectivity index (χ2v) is 2.34. The molecule has 1 aromatic carbocycles. The second-order valence-electron chi connectivity index (χ2n) is 2.34. The van der Waals surface area contributed by atoms with E-state index in [9.17, 15) is 4.39 Å². The Bertz CT molecular complexity index is 387. The molecule has 0 aliphatic carbocycles. The van der Waals surface area contributed by atoms with Gasteiger partial charge >= 0.3 is 0 Å². The van der Waals surface area contributed by atoms with E-state index in [2.05, 4.69) is 4.98 Å². The second kappa shape index (κ2) is 3.28. The Kier molecular flexibility index (Phi) is 2.35. The van der Waals surface area contributed by atoms with Crippen LogP contribution in [0.3, 0.4) is 0 Å². The van der Waals surface area contributed by atoms with Gasteiger partial charge in [0.2, 0.25) is 0 Å². The van der Waals surface area contributed by atoms with Crippen LogP contribution >= 0.6 is 0 Å². The van der Waals surface area contributed by atoms with Crippen LogP contribution in [-0.4, -0.2) is 4.98 Å². The van der Waals surface area contributed by atoms with Crippen molar-refractivity contribution in [3.63, 3.8) is 0 Å². The lowest BCUT2D eigenvalue weighted by atomic mass is 10.2. The largest absolute Gasteiger partial charge is 0.344 e. The predicted molar refractivity (Wildman–Crippen MR) is 46.7 cm³/mol. The van der Waals surface area contributed by atoms with Crippen molar-refractivity contribution < 1.29 is 4.39 Å². The summed E-state index contributed by atoms with van der Waals surface area (Å²) >= 11 is 0. The van der Waals surface area contributed by atoms with Crippen molar-refractivity contribution in [1.82, 2.24) is 11.1 Å². The normalized spacial score (nSPS) is 9.42. The van der Waals surface area contributed by atoms with Crippen molar-refractivity contribution in [2.45, 2.75) is 0 Å². The van der Waals surface area contributed by atoms with Gasteiger partial charge in [-0.1, -0.05) is 6.07 Å². The van der Waals surface area contributed by atoms with Gasteiger partial charge in [0.15, 0.2) is 0 Å². The van der Waals surface area contributed by atoms with Gasteiger partial charge in [0.05, 0.1) is 5.52 Å². The number of rotatable bonds is 0. The molecule has 0 atom stereocenters. The highest BCUT2D eigenvalue weighted by Gasteiger charge is 1.93. The lowest BCUT2D eigenvalue weighted by Gasteiger charge is -1.93. The van der Waals surface area contributed by atoms with Gasteiger partial charge in [-0.25, -0.2) is 4.39 Å². The summed E-state index contributed by atoms with van der Waals surface area (Å²) in [5.41, 5.74) is 0.701. The molecule has 3 heteroatoms. The molecule has 0 aliphatic rings. The predicted octanol–water partition coefficient (Wildman–Crippen LogP) is 2.54. The molecule has 12 heavy (non-hydrogen) atoms. The third-order valence-electron chi connectivity index (χ3n) is 1.57. The SMILES string of the molecule is Fc1ccc2cccnc2c1.N. The summed E-state index contributed by atoms with van der Waals surface area (Å²) in [7, 11) is 0. The summed E-state index contributed by atoms with van der Waals surface area (Å²) in [6.45, 7) is 0. The first-order valence-electron chi connectivity index (χ1n) is 3.36. The molecule has 1 aromatic heterocycles. The molecular weight excluding hydrogens is 155 g/mol. The van der Waals surface area contributed by atoms with Gasteiger partial charge in [-0.2, -0.15) is 0 Å². The van der Waals surface area contributed by atoms with Crippen LogP contribution < -0.4 is 6.15 Å². The van der Waals surface area contributed by atoms with Gasteiger partial charge in [0.1, 0.15) is 5.82 Å². The van der Waals surface area contributed by atoms with Crippen LogP contribution in [0.1, 0.15) is 0 Å². The molecule has 0 unspecified atom stereocenters. The molecule has 0 radical (unpaired) electrons. The van der Waals surface area contributed by atoms with E-state index < -0.39 is 0 Å². The quantitative estimate of drug-likeness (QED) is 0.650. The van der Waals surface area contributed by atoms with Crippen LogP contribution in [0.4, 0.5) is 4.39 Å². The average molecular weight is 164 g/mol. The first kappa shape index (κ1) is 8.62. The average Bonchev–Trinajstić information content (AvgIpc) is 2.04. The van der Waals surface area contributed by atoms with E-state index in [1.54, 1.807) is 12.3 Å². The highest BCUT2D eigenvalue weighted by molar-refractivity contribution is 5.77. The Hall–Kier alpha value is -1.48. The Morgan fingerprint density at radius 2 is 2.00 bits per heavy atom. The van der Waals surface area contributed by atoms with Crippen molar-refractivity contribution in [1.29, 1.82) is 0 Å². The standard InChI is InChI=1S/C9H6FN.H3N/c10-8-4-3-7-2-1-5-11-9(7)6-8;/h1-6H;1H3. The van der Waals surface area contributed by atoms with Crippen LogP contribution in [0.2, 0.25) is 0 Å². The van der Waals surface area contributed by atoms with Crippen molar-refractivity contribution in [3.05, 3.63) is 42.3 Å². The molecule has 0 amide bonds. The third kappa shape index (κ3) is 1.40. The lowest BCUT2D eigenvalue weighted by Crippen LogP contribution is -1.78. The highest BCUT2D eigenvalue weighted by Crippen LogP contribution is 2.11. The van der Waals surface area contributed by atoms with Crippen molar-refractivity contribution in [2.24, 2.45) is 0 Å². The van der Waals surface area contributed by atoms with Gasteiger partial charge in [0.25, 0.3) is 0 Å². The minimum Gasteiger partial charge on any atom is -0.344 e. The van der Waals surface area contributed by atoms with E-state index in [-0.39, 0.29) is 12.0 Å². The van der Waals surface area contributed by atoms with Crippen LogP contribution in [0.5, 0.6) is 0 Å². The molecule has 62 valence electrons. The van der Waals surface area contributed by atoms with E-state index in [0.29, 0.717) is 5.52 Å². The molecule has 0 saturated carbocycles. The van der Waals surface area contributed by atoms with Gasteiger partial charge in [-0.05, 0) is 18.2 Å². The zero-order valence-corrected chi connectivity index (χ0v) is 6.50. The molecule has 2 nitrogen and oxygen atoms in total. The van der Waals surface area contributed by atoms with E-state index in [4.69, 9.17) is 0 Å². The number of hydrogen-bond acceptors (Lipinski definition) is 2. The molecule has 2 aromatic rings. The van der Waals surface area contributed by atoms with E-state index >= 15 is 0 Å². The van der Waals surface area contributed by atoms with Crippen molar-refractivity contribution in [3.8, 4) is 0 Å². The number of aromatic nitrogens is 1. The number of hydrogen-bond donors (Lipinski definition) is 1. The maximum atomic E-state index is 12.6. The summed E-state index contributed by atoms with van der Waals surface area (Å²) in [6, 6.07) is 8.32. The summed E-state index contributed by atoms with van der Waals surface area (Å²) in [4.78, 5) is 4.00. The lowest BCUT2D eigenvalue weighted by molar-refractivity contribution is 0.629. The Morgan fingerprint density at radius 3 is 2.83 bits per heavy atom. The molecule has 0 saturated heterocycles.